The number of benzene rings is 2. The molecule has 1 amide bonds. The van der Waals surface area contributed by atoms with E-state index in [2.05, 4.69) is 17.1 Å². The van der Waals surface area contributed by atoms with Gasteiger partial charge in [0.2, 0.25) is 5.91 Å². The Morgan fingerprint density at radius 1 is 1.04 bits per heavy atom. The summed E-state index contributed by atoms with van der Waals surface area (Å²) in [4.78, 5) is 18.9. The normalized spacial score (nSPS) is 14.9. The lowest BCUT2D eigenvalue weighted by Gasteiger charge is -2.32. The first kappa shape index (κ1) is 18.8. The minimum atomic E-state index is 0.133. The van der Waals surface area contributed by atoms with Crippen LogP contribution < -0.4 is 4.74 Å². The van der Waals surface area contributed by atoms with E-state index in [9.17, 15) is 4.79 Å². The van der Waals surface area contributed by atoms with Crippen molar-refractivity contribution in [2.75, 3.05) is 18.8 Å². The zero-order valence-electron chi connectivity index (χ0n) is 15.8. The van der Waals surface area contributed by atoms with Crippen LogP contribution in [0.2, 0.25) is 0 Å². The average Bonchev–Trinajstić information content (AvgIpc) is 2.75. The van der Waals surface area contributed by atoms with Crippen molar-refractivity contribution in [1.82, 2.24) is 9.88 Å². The molecule has 1 aromatic heterocycles. The predicted molar refractivity (Wildman–Crippen MR) is 115 cm³/mol. The van der Waals surface area contributed by atoms with Crippen LogP contribution in [0.1, 0.15) is 18.4 Å². The van der Waals surface area contributed by atoms with Gasteiger partial charge in [-0.25, -0.2) is 0 Å². The van der Waals surface area contributed by atoms with E-state index in [4.69, 9.17) is 4.74 Å². The quantitative estimate of drug-likeness (QED) is 0.618. The van der Waals surface area contributed by atoms with Crippen molar-refractivity contribution in [2.45, 2.75) is 24.7 Å². The van der Waals surface area contributed by atoms with Crippen LogP contribution in [-0.2, 0) is 10.5 Å². The van der Waals surface area contributed by atoms with Crippen molar-refractivity contribution in [3.63, 3.8) is 0 Å². The molecule has 0 spiro atoms. The van der Waals surface area contributed by atoms with Crippen LogP contribution in [0.4, 0.5) is 0 Å². The molecular formula is C23H24N2O2S. The van der Waals surface area contributed by atoms with Crippen LogP contribution in [0.15, 0.2) is 66.9 Å². The summed E-state index contributed by atoms with van der Waals surface area (Å²) in [6.07, 6.45) is 3.65. The summed E-state index contributed by atoms with van der Waals surface area (Å²) >= 11 is 1.68. The standard InChI is InChI=1S/C23H24N2O2S/c26-22(17-28-16-18-6-2-1-3-7-18)25-14-11-20(12-15-25)27-21-10-4-8-19-9-5-13-24-23(19)21/h1-10,13,20H,11-12,14-17H2. The van der Waals surface area contributed by atoms with Crippen molar-refractivity contribution in [1.29, 1.82) is 0 Å². The topological polar surface area (TPSA) is 42.4 Å². The fraction of sp³-hybridized carbons (Fsp3) is 0.304. The average molecular weight is 393 g/mol. The van der Waals surface area contributed by atoms with Gasteiger partial charge in [-0.3, -0.25) is 9.78 Å². The van der Waals surface area contributed by atoms with Crippen LogP contribution in [0.25, 0.3) is 10.9 Å². The van der Waals surface area contributed by atoms with Gasteiger partial charge in [0.05, 0.1) is 5.75 Å². The number of piperidine rings is 1. The number of fused-ring (bicyclic) bond motifs is 1. The van der Waals surface area contributed by atoms with Gasteiger partial charge < -0.3 is 9.64 Å². The summed E-state index contributed by atoms with van der Waals surface area (Å²) in [5, 5.41) is 1.09. The maximum Gasteiger partial charge on any atom is 0.232 e. The number of nitrogens with zero attached hydrogens (tertiary/aromatic N) is 2. The predicted octanol–water partition coefficient (Wildman–Crippen LogP) is 4.54. The first-order valence-electron chi connectivity index (χ1n) is 9.69. The van der Waals surface area contributed by atoms with Crippen molar-refractivity contribution >= 4 is 28.6 Å². The lowest BCUT2D eigenvalue weighted by molar-refractivity contribution is -0.130. The van der Waals surface area contributed by atoms with Crippen LogP contribution in [-0.4, -0.2) is 40.7 Å². The van der Waals surface area contributed by atoms with E-state index in [1.165, 1.54) is 5.56 Å². The third-order valence-electron chi connectivity index (χ3n) is 5.02. The monoisotopic (exact) mass is 392 g/mol. The molecule has 0 bridgehead atoms. The highest BCUT2D eigenvalue weighted by molar-refractivity contribution is 7.99. The summed E-state index contributed by atoms with van der Waals surface area (Å²) in [6.45, 7) is 1.52. The van der Waals surface area contributed by atoms with Gasteiger partial charge in [-0.1, -0.05) is 48.5 Å². The number of rotatable bonds is 6. The number of pyridine rings is 1. The number of hydrogen-bond donors (Lipinski definition) is 0. The second-order valence-electron chi connectivity index (χ2n) is 7.01. The van der Waals surface area contributed by atoms with E-state index in [1.54, 1.807) is 18.0 Å². The number of amides is 1. The molecule has 4 nitrogen and oxygen atoms in total. The molecule has 0 N–H and O–H groups in total. The molecule has 2 aromatic carbocycles. The van der Waals surface area contributed by atoms with E-state index in [-0.39, 0.29) is 12.0 Å². The van der Waals surface area contributed by atoms with Gasteiger partial charge in [-0.2, -0.15) is 0 Å². The molecule has 2 heterocycles. The van der Waals surface area contributed by atoms with Gasteiger partial charge in [-0.05, 0) is 17.7 Å². The number of hydrogen-bond acceptors (Lipinski definition) is 4. The molecule has 0 unspecified atom stereocenters. The second-order valence-corrected chi connectivity index (χ2v) is 7.99. The Morgan fingerprint density at radius 2 is 1.82 bits per heavy atom. The van der Waals surface area contributed by atoms with Gasteiger partial charge in [0.15, 0.2) is 0 Å². The smallest absolute Gasteiger partial charge is 0.232 e. The Labute approximate surface area is 169 Å². The zero-order valence-corrected chi connectivity index (χ0v) is 16.6. The van der Waals surface area contributed by atoms with Crippen LogP contribution in [0, 0.1) is 0 Å². The van der Waals surface area contributed by atoms with E-state index >= 15 is 0 Å². The van der Waals surface area contributed by atoms with Crippen LogP contribution >= 0.6 is 11.8 Å². The van der Waals surface area contributed by atoms with Crippen LogP contribution in [0.3, 0.4) is 0 Å². The third-order valence-corrected chi connectivity index (χ3v) is 6.01. The van der Waals surface area contributed by atoms with E-state index in [0.717, 1.165) is 48.3 Å². The molecule has 5 heteroatoms. The minimum absolute atomic E-state index is 0.133. The summed E-state index contributed by atoms with van der Waals surface area (Å²) in [7, 11) is 0. The Hall–Kier alpha value is -2.53. The summed E-state index contributed by atoms with van der Waals surface area (Å²) in [6, 6.07) is 20.3. The first-order valence-corrected chi connectivity index (χ1v) is 10.8. The molecule has 28 heavy (non-hydrogen) atoms. The zero-order chi connectivity index (χ0) is 19.2. The fourth-order valence-electron chi connectivity index (χ4n) is 3.50. The Balaban J connectivity index is 1.25. The largest absolute Gasteiger partial charge is 0.488 e. The fourth-order valence-corrected chi connectivity index (χ4v) is 4.38. The number of carbonyl (C=O) groups excluding carboxylic acids is 1. The van der Waals surface area contributed by atoms with Crippen molar-refractivity contribution < 1.29 is 9.53 Å². The molecule has 0 radical (unpaired) electrons. The first-order chi connectivity index (χ1) is 13.8. The molecule has 4 rings (SSSR count). The third kappa shape index (κ3) is 4.65. The number of para-hydroxylation sites is 1. The lowest BCUT2D eigenvalue weighted by atomic mass is 10.1. The molecule has 0 aliphatic carbocycles. The molecule has 0 atom stereocenters. The van der Waals surface area contributed by atoms with Gasteiger partial charge in [0, 0.05) is 43.3 Å². The van der Waals surface area contributed by atoms with Gasteiger partial charge in [0.25, 0.3) is 0 Å². The van der Waals surface area contributed by atoms with Gasteiger partial charge in [-0.15, -0.1) is 11.8 Å². The Morgan fingerprint density at radius 3 is 2.64 bits per heavy atom. The maximum absolute atomic E-state index is 12.5. The highest BCUT2D eigenvalue weighted by Crippen LogP contribution is 2.26. The highest BCUT2D eigenvalue weighted by atomic mass is 32.2. The lowest BCUT2D eigenvalue weighted by Crippen LogP contribution is -2.42. The molecule has 1 aliphatic heterocycles. The second kappa shape index (κ2) is 9.11. The van der Waals surface area contributed by atoms with E-state index < -0.39 is 0 Å². The number of ether oxygens (including phenoxy) is 1. The number of thioether (sulfide) groups is 1. The molecule has 144 valence electrons. The molecular weight excluding hydrogens is 368 g/mol. The highest BCUT2D eigenvalue weighted by Gasteiger charge is 2.24. The molecule has 1 aliphatic rings. The van der Waals surface area contributed by atoms with Crippen LogP contribution in [0.5, 0.6) is 5.75 Å². The molecule has 1 fully saturated rings. The van der Waals surface area contributed by atoms with Gasteiger partial charge >= 0.3 is 0 Å². The number of likely N-dealkylation sites (tertiary alicyclic amines) is 1. The number of aromatic nitrogens is 1. The van der Waals surface area contributed by atoms with Crippen molar-refractivity contribution in [3.05, 3.63) is 72.4 Å². The molecule has 1 saturated heterocycles. The maximum atomic E-state index is 12.5. The minimum Gasteiger partial charge on any atom is -0.488 e. The summed E-state index contributed by atoms with van der Waals surface area (Å²) in [5.74, 6) is 2.47. The van der Waals surface area contributed by atoms with Gasteiger partial charge in [0.1, 0.15) is 17.4 Å². The van der Waals surface area contributed by atoms with Crippen molar-refractivity contribution in [2.24, 2.45) is 0 Å². The molecule has 0 saturated carbocycles. The van der Waals surface area contributed by atoms with Crippen molar-refractivity contribution in [3.8, 4) is 5.75 Å². The Bertz CT molecular complexity index is 919. The Kier molecular flexibility index (Phi) is 6.12. The van der Waals surface area contributed by atoms with E-state index in [0.29, 0.717) is 5.75 Å². The SMILES string of the molecule is O=C(CSCc1ccccc1)N1CCC(Oc2cccc3cccnc23)CC1. The van der Waals surface area contributed by atoms with E-state index in [1.807, 2.05) is 53.4 Å². The molecule has 3 aromatic rings. The summed E-state index contributed by atoms with van der Waals surface area (Å²) < 4.78 is 6.23. The summed E-state index contributed by atoms with van der Waals surface area (Å²) in [5.41, 5.74) is 2.16. The number of carbonyl (C=O) groups is 1.